The normalized spacial score (nSPS) is 17.0. The van der Waals surface area contributed by atoms with Gasteiger partial charge in [-0.05, 0) is 89.2 Å². The highest BCUT2D eigenvalue weighted by Gasteiger charge is 2.37. The number of hydrogen-bond acceptors (Lipinski definition) is 9. The largest absolute Gasteiger partial charge is 0.472 e. The van der Waals surface area contributed by atoms with Crippen molar-refractivity contribution in [3.8, 4) is 0 Å². The fraction of sp³-hybridized carbons (Fsp3) is 0.760. The van der Waals surface area contributed by atoms with E-state index in [1.165, 1.54) is 74.7 Å². The summed E-state index contributed by atoms with van der Waals surface area (Å²) in [6.45, 7) is 8.62. The van der Waals surface area contributed by atoms with E-state index in [1.54, 1.807) is 0 Å². The van der Waals surface area contributed by atoms with Crippen molar-refractivity contribution < 1.29 is 51.2 Å². The van der Waals surface area contributed by atoms with Crippen LogP contribution >= 0.6 is 7.82 Å². The van der Waals surface area contributed by atoms with Crippen molar-refractivity contribution in [2.45, 2.75) is 200 Å². The van der Waals surface area contributed by atoms with Gasteiger partial charge in [0.25, 0.3) is 0 Å². The molecule has 0 saturated carbocycles. The van der Waals surface area contributed by atoms with Crippen molar-refractivity contribution in [3.05, 3.63) is 59.1 Å². The molecule has 1 fully saturated rings. The van der Waals surface area contributed by atoms with Gasteiger partial charge in [0.1, 0.15) is 31.3 Å². The second-order valence-corrected chi connectivity index (χ2v) is 19.6. The highest BCUT2D eigenvalue weighted by atomic mass is 31.2. The molecule has 2 rings (SSSR count). The monoisotopic (exact) mass is 893 g/mol. The summed E-state index contributed by atoms with van der Waals surface area (Å²) in [5.41, 5.74) is 2.66. The summed E-state index contributed by atoms with van der Waals surface area (Å²) in [7, 11) is 1.41. The average Bonchev–Trinajstić information content (AvgIpc) is 3.92. The van der Waals surface area contributed by atoms with Crippen molar-refractivity contribution in [2.75, 3.05) is 47.5 Å². The number of allylic oxidation sites excluding steroid dienone is 5. The Labute approximate surface area is 376 Å². The summed E-state index contributed by atoms with van der Waals surface area (Å²) < 4.78 is 46.5. The van der Waals surface area contributed by atoms with E-state index in [-0.39, 0.29) is 38.3 Å². The van der Waals surface area contributed by atoms with Gasteiger partial charge in [-0.3, -0.25) is 18.6 Å². The standard InChI is InChI=1S/C50H86NO10P/c1-8-10-12-13-14-15-16-17-18-22-25-29-34-47-48(61-47)35-31-37-50(53)59-44(41-58-62(54,55)57-39-38-51(5,6)7)40-56-49(52)36-30-26-23-20-19-21-24-28-33-46-43(4)42(3)45(60-46)32-27-11-9-2/h14-15,17-18,25,29,44,47-48H,8-13,16,19-24,26-28,30-41H2,1-7H3/p+1/b15-14-,18-17-,29-25-/t44-,47?,48?/m1/s1. The lowest BCUT2D eigenvalue weighted by Crippen LogP contribution is -2.37. The average molecular weight is 893 g/mol. The number of hydrogen-bond donors (Lipinski definition) is 1. The number of carbonyl (C=O) groups is 2. The van der Waals surface area contributed by atoms with Crippen LogP contribution < -0.4 is 0 Å². The van der Waals surface area contributed by atoms with Crippen molar-refractivity contribution in [1.82, 2.24) is 0 Å². The third-order valence-electron chi connectivity index (χ3n) is 11.3. The Hall–Kier alpha value is -2.53. The molecule has 0 aromatic carbocycles. The number of ether oxygens (including phenoxy) is 3. The van der Waals surface area contributed by atoms with Crippen molar-refractivity contribution in [1.29, 1.82) is 0 Å². The van der Waals surface area contributed by atoms with E-state index >= 15 is 0 Å². The number of esters is 2. The van der Waals surface area contributed by atoms with Gasteiger partial charge in [-0.1, -0.05) is 115 Å². The molecule has 12 heteroatoms. The molecule has 1 aliphatic heterocycles. The molecular weight excluding hydrogens is 806 g/mol. The summed E-state index contributed by atoms with van der Waals surface area (Å²) in [6, 6.07) is 0. The fourth-order valence-corrected chi connectivity index (χ4v) is 7.84. The number of phosphoric ester groups is 1. The van der Waals surface area contributed by atoms with Crippen LogP contribution in [0.25, 0.3) is 0 Å². The first-order valence-corrected chi connectivity index (χ1v) is 25.7. The summed E-state index contributed by atoms with van der Waals surface area (Å²) in [6.07, 6.45) is 36.0. The van der Waals surface area contributed by atoms with E-state index < -0.39 is 32.5 Å². The summed E-state index contributed by atoms with van der Waals surface area (Å²) in [5, 5.41) is 0. The maximum Gasteiger partial charge on any atom is 0.472 e. The predicted octanol–water partition coefficient (Wildman–Crippen LogP) is 12.3. The van der Waals surface area contributed by atoms with Gasteiger partial charge in [-0.15, -0.1) is 0 Å². The third-order valence-corrected chi connectivity index (χ3v) is 12.3. The van der Waals surface area contributed by atoms with Gasteiger partial charge in [-0.25, -0.2) is 4.57 Å². The molecule has 62 heavy (non-hydrogen) atoms. The number of carbonyl (C=O) groups excluding carboxylic acids is 2. The molecule has 356 valence electrons. The highest BCUT2D eigenvalue weighted by Crippen LogP contribution is 2.43. The topological polar surface area (TPSA) is 134 Å². The lowest BCUT2D eigenvalue weighted by Gasteiger charge is -2.24. The second kappa shape index (κ2) is 33.0. The molecule has 0 amide bonds. The fourth-order valence-electron chi connectivity index (χ4n) is 7.10. The summed E-state index contributed by atoms with van der Waals surface area (Å²) in [5.74, 6) is 1.44. The molecule has 1 aliphatic rings. The maximum absolute atomic E-state index is 12.8. The first-order valence-electron chi connectivity index (χ1n) is 24.2. The minimum Gasteiger partial charge on any atom is -0.466 e. The summed E-state index contributed by atoms with van der Waals surface area (Å²) >= 11 is 0. The number of rotatable bonds is 39. The molecule has 1 aromatic rings. The van der Waals surface area contributed by atoms with Crippen LogP contribution in [0.4, 0.5) is 0 Å². The number of unbranched alkanes of at least 4 members (excludes halogenated alkanes) is 12. The highest BCUT2D eigenvalue weighted by molar-refractivity contribution is 7.47. The van der Waals surface area contributed by atoms with Gasteiger partial charge in [0, 0.05) is 25.7 Å². The van der Waals surface area contributed by atoms with E-state index in [2.05, 4.69) is 64.2 Å². The molecule has 2 heterocycles. The number of phosphoric acid groups is 1. The Balaban J connectivity index is 1.65. The Morgan fingerprint density at radius 1 is 0.694 bits per heavy atom. The molecule has 1 saturated heterocycles. The Morgan fingerprint density at radius 2 is 1.26 bits per heavy atom. The molecule has 0 radical (unpaired) electrons. The van der Waals surface area contributed by atoms with Crippen LogP contribution in [0, 0.1) is 13.8 Å². The Kier molecular flexibility index (Phi) is 29.6. The second-order valence-electron chi connectivity index (χ2n) is 18.1. The molecule has 1 N–H and O–H groups in total. The number of epoxide rings is 1. The van der Waals surface area contributed by atoms with Crippen LogP contribution in [0.5, 0.6) is 0 Å². The van der Waals surface area contributed by atoms with Gasteiger partial charge in [0.15, 0.2) is 6.10 Å². The van der Waals surface area contributed by atoms with E-state index in [1.807, 2.05) is 21.1 Å². The van der Waals surface area contributed by atoms with Crippen LogP contribution in [0.2, 0.25) is 0 Å². The zero-order valence-corrected chi connectivity index (χ0v) is 40.9. The Bertz CT molecular complexity index is 1490. The van der Waals surface area contributed by atoms with Crippen LogP contribution in [-0.2, 0) is 50.3 Å². The lowest BCUT2D eigenvalue weighted by atomic mass is 10.0. The quantitative estimate of drug-likeness (QED) is 0.0170. The number of aryl methyl sites for hydroxylation is 2. The van der Waals surface area contributed by atoms with Gasteiger partial charge in [0.05, 0.1) is 40.0 Å². The molecule has 11 nitrogen and oxygen atoms in total. The van der Waals surface area contributed by atoms with Gasteiger partial charge < -0.3 is 28.0 Å². The minimum absolute atomic E-state index is 0.0101. The number of furan rings is 1. The minimum atomic E-state index is -4.42. The molecule has 3 unspecified atom stereocenters. The van der Waals surface area contributed by atoms with Gasteiger partial charge in [0.2, 0.25) is 0 Å². The zero-order chi connectivity index (χ0) is 45.5. The molecule has 4 atom stereocenters. The first kappa shape index (κ1) is 55.6. The number of quaternary nitrogens is 1. The van der Waals surface area contributed by atoms with Crippen LogP contribution in [0.15, 0.2) is 40.9 Å². The van der Waals surface area contributed by atoms with Gasteiger partial charge in [-0.2, -0.15) is 0 Å². The lowest BCUT2D eigenvalue weighted by molar-refractivity contribution is -0.870. The zero-order valence-electron chi connectivity index (χ0n) is 40.0. The van der Waals surface area contributed by atoms with E-state index in [0.717, 1.165) is 76.4 Å². The molecule has 0 bridgehead atoms. The van der Waals surface area contributed by atoms with Crippen molar-refractivity contribution in [2.24, 2.45) is 0 Å². The third kappa shape index (κ3) is 28.3. The molecular formula is C50H87NO10P+. The van der Waals surface area contributed by atoms with Crippen molar-refractivity contribution in [3.63, 3.8) is 0 Å². The SMILES string of the molecule is CCCCC/C=C\C/C=C\C/C=C\CC1OC1CCCC(=O)O[C@H](COC(=O)CCCCCCCCCCc1oc(CCCCC)c(C)c1C)COP(=O)(O)OCC[N+](C)(C)C. The number of likely N-dealkylation sites (N-methyl/N-ethyl adjacent to an activating group) is 1. The molecule has 1 aromatic heterocycles. The van der Waals surface area contributed by atoms with E-state index in [9.17, 15) is 19.0 Å². The molecule has 0 aliphatic carbocycles. The van der Waals surface area contributed by atoms with Crippen molar-refractivity contribution >= 4 is 19.8 Å². The van der Waals surface area contributed by atoms with E-state index in [0.29, 0.717) is 23.9 Å². The van der Waals surface area contributed by atoms with E-state index in [4.69, 9.17) is 27.7 Å². The Morgan fingerprint density at radius 3 is 1.90 bits per heavy atom. The predicted molar refractivity (Wildman–Crippen MR) is 250 cm³/mol. The van der Waals surface area contributed by atoms with Crippen LogP contribution in [-0.4, -0.2) is 87.1 Å². The summed E-state index contributed by atoms with van der Waals surface area (Å²) in [4.78, 5) is 35.7. The van der Waals surface area contributed by atoms with Crippen LogP contribution in [0.3, 0.4) is 0 Å². The first-order chi connectivity index (χ1) is 29.7. The maximum atomic E-state index is 12.8. The molecule has 0 spiro atoms. The van der Waals surface area contributed by atoms with Crippen LogP contribution in [0.1, 0.15) is 178 Å². The smallest absolute Gasteiger partial charge is 0.466 e. The van der Waals surface area contributed by atoms with Gasteiger partial charge >= 0.3 is 19.8 Å². The number of nitrogens with zero attached hydrogens (tertiary/aromatic N) is 1.